The van der Waals surface area contributed by atoms with Gasteiger partial charge in [-0.3, -0.25) is 15.1 Å². The maximum Gasteiger partial charge on any atom is 0.283 e. The standard InChI is InChI=1S/C27H24N4OS/c1-16-10-11-22(12-17(16)2)30-18(3)13-21(19(30)4)14-23-25(28)31-24(20-8-6-5-7-9-20)15-33-27(31)29-26(23)32/h5-15,28H,1-4H3. The van der Waals surface area contributed by atoms with Crippen molar-refractivity contribution in [2.24, 2.45) is 4.99 Å². The lowest BCUT2D eigenvalue weighted by Crippen LogP contribution is -2.38. The van der Waals surface area contributed by atoms with Crippen LogP contribution in [0.2, 0.25) is 0 Å². The Labute approximate surface area is 197 Å². The van der Waals surface area contributed by atoms with Gasteiger partial charge < -0.3 is 4.57 Å². The van der Waals surface area contributed by atoms with Gasteiger partial charge in [0.25, 0.3) is 5.91 Å². The van der Waals surface area contributed by atoms with Gasteiger partial charge in [-0.15, -0.1) is 0 Å². The lowest BCUT2D eigenvalue weighted by atomic mass is 10.1. The van der Waals surface area contributed by atoms with Crippen LogP contribution in [0.4, 0.5) is 0 Å². The third-order valence-corrected chi connectivity index (χ3v) is 7.03. The number of rotatable bonds is 3. The smallest absolute Gasteiger partial charge is 0.283 e. The Morgan fingerprint density at radius 1 is 0.970 bits per heavy atom. The SMILES string of the molecule is Cc1ccc(-n2c(C)cc(C=C3C(=N)N4C(c5ccccc5)=CSC4=NC3=O)c2C)cc1C. The minimum Gasteiger partial charge on any atom is -0.318 e. The van der Waals surface area contributed by atoms with E-state index in [1.54, 1.807) is 11.0 Å². The number of aryl methyl sites for hydroxylation is 3. The van der Waals surface area contributed by atoms with Crippen LogP contribution in [0.5, 0.6) is 0 Å². The molecule has 0 saturated carbocycles. The third kappa shape index (κ3) is 3.56. The summed E-state index contributed by atoms with van der Waals surface area (Å²) in [5, 5.41) is 11.4. The summed E-state index contributed by atoms with van der Waals surface area (Å²) in [7, 11) is 0. The summed E-state index contributed by atoms with van der Waals surface area (Å²) in [4.78, 5) is 18.9. The number of carbonyl (C=O) groups excluding carboxylic acids is 1. The van der Waals surface area contributed by atoms with Gasteiger partial charge in [-0.1, -0.05) is 48.2 Å². The van der Waals surface area contributed by atoms with Crippen molar-refractivity contribution in [2.45, 2.75) is 27.7 Å². The normalized spacial score (nSPS) is 16.8. The van der Waals surface area contributed by atoms with Crippen LogP contribution in [0.25, 0.3) is 17.5 Å². The summed E-state index contributed by atoms with van der Waals surface area (Å²) in [6.45, 7) is 8.32. The van der Waals surface area contributed by atoms with Crippen LogP contribution in [0.3, 0.4) is 0 Å². The number of nitrogens with zero attached hydrogens (tertiary/aromatic N) is 3. The summed E-state index contributed by atoms with van der Waals surface area (Å²) >= 11 is 1.38. The molecule has 0 unspecified atom stereocenters. The number of aromatic nitrogens is 1. The molecule has 2 aromatic carbocycles. The maximum atomic E-state index is 12.9. The number of hydrogen-bond acceptors (Lipinski definition) is 3. The largest absolute Gasteiger partial charge is 0.318 e. The Morgan fingerprint density at radius 3 is 2.45 bits per heavy atom. The van der Waals surface area contributed by atoms with Crippen LogP contribution in [0, 0.1) is 33.1 Å². The molecule has 2 aliphatic heterocycles. The Balaban J connectivity index is 1.55. The highest BCUT2D eigenvalue weighted by Crippen LogP contribution is 2.37. The first-order valence-corrected chi connectivity index (χ1v) is 11.7. The molecule has 3 heterocycles. The summed E-state index contributed by atoms with van der Waals surface area (Å²) < 4.78 is 2.19. The molecular formula is C27H24N4OS. The average Bonchev–Trinajstić information content (AvgIpc) is 3.34. The van der Waals surface area contributed by atoms with E-state index in [9.17, 15) is 4.79 Å². The molecule has 2 aliphatic rings. The zero-order valence-electron chi connectivity index (χ0n) is 19.0. The first kappa shape index (κ1) is 21.2. The summed E-state index contributed by atoms with van der Waals surface area (Å²) in [6, 6.07) is 18.4. The lowest BCUT2D eigenvalue weighted by Gasteiger charge is -2.26. The molecule has 1 aromatic heterocycles. The highest BCUT2D eigenvalue weighted by Gasteiger charge is 2.36. The number of aliphatic imine (C=N–C) groups is 1. The fourth-order valence-electron chi connectivity index (χ4n) is 4.27. The van der Waals surface area contributed by atoms with Gasteiger partial charge in [-0.25, -0.2) is 0 Å². The fraction of sp³-hybridized carbons (Fsp3) is 0.148. The summed E-state index contributed by atoms with van der Waals surface area (Å²) in [5.41, 5.74) is 8.73. The molecule has 33 heavy (non-hydrogen) atoms. The Morgan fingerprint density at radius 2 is 1.73 bits per heavy atom. The predicted octanol–water partition coefficient (Wildman–Crippen LogP) is 6.02. The van der Waals surface area contributed by atoms with Crippen molar-refractivity contribution in [1.82, 2.24) is 9.47 Å². The minimum atomic E-state index is -0.377. The van der Waals surface area contributed by atoms with E-state index in [4.69, 9.17) is 5.41 Å². The van der Waals surface area contributed by atoms with E-state index in [0.717, 1.165) is 33.9 Å². The number of amides is 1. The van der Waals surface area contributed by atoms with E-state index >= 15 is 0 Å². The van der Waals surface area contributed by atoms with Gasteiger partial charge in [-0.2, -0.15) is 4.99 Å². The first-order chi connectivity index (χ1) is 15.8. The molecule has 1 N–H and O–H groups in total. The Kier molecular flexibility index (Phi) is 5.17. The number of hydrogen-bond donors (Lipinski definition) is 1. The predicted molar refractivity (Wildman–Crippen MR) is 137 cm³/mol. The second-order valence-corrected chi connectivity index (χ2v) is 9.20. The van der Waals surface area contributed by atoms with E-state index in [2.05, 4.69) is 54.6 Å². The van der Waals surface area contributed by atoms with Crippen molar-refractivity contribution in [2.75, 3.05) is 0 Å². The molecular weight excluding hydrogens is 428 g/mol. The molecule has 0 saturated heterocycles. The van der Waals surface area contributed by atoms with Crippen molar-refractivity contribution in [3.63, 3.8) is 0 Å². The average molecular weight is 453 g/mol. The molecule has 0 atom stereocenters. The zero-order valence-corrected chi connectivity index (χ0v) is 19.8. The van der Waals surface area contributed by atoms with Crippen molar-refractivity contribution in [1.29, 1.82) is 5.41 Å². The monoisotopic (exact) mass is 452 g/mol. The summed E-state index contributed by atoms with van der Waals surface area (Å²) in [5.74, 6) is -0.224. The molecule has 0 bridgehead atoms. The minimum absolute atomic E-state index is 0.154. The first-order valence-electron chi connectivity index (χ1n) is 10.8. The van der Waals surface area contributed by atoms with Crippen LogP contribution >= 0.6 is 11.8 Å². The van der Waals surface area contributed by atoms with E-state index < -0.39 is 0 Å². The van der Waals surface area contributed by atoms with Gasteiger partial charge in [0.2, 0.25) is 0 Å². The molecule has 0 fully saturated rings. The van der Waals surface area contributed by atoms with Crippen LogP contribution in [-0.2, 0) is 4.79 Å². The Bertz CT molecular complexity index is 1410. The van der Waals surface area contributed by atoms with Crippen molar-refractivity contribution < 1.29 is 4.79 Å². The van der Waals surface area contributed by atoms with Gasteiger partial charge in [-0.05, 0) is 74.2 Å². The second-order valence-electron chi connectivity index (χ2n) is 8.36. The fourth-order valence-corrected chi connectivity index (χ4v) is 5.15. The number of amidine groups is 2. The van der Waals surface area contributed by atoms with E-state index in [0.29, 0.717) is 10.7 Å². The second kappa shape index (κ2) is 8.05. The third-order valence-electron chi connectivity index (χ3n) is 6.20. The maximum absolute atomic E-state index is 12.9. The van der Waals surface area contributed by atoms with E-state index in [1.807, 2.05) is 42.7 Å². The van der Waals surface area contributed by atoms with E-state index in [-0.39, 0.29) is 11.7 Å². The number of carbonyl (C=O) groups is 1. The van der Waals surface area contributed by atoms with E-state index in [1.165, 1.54) is 22.9 Å². The van der Waals surface area contributed by atoms with Gasteiger partial charge in [0.05, 0.1) is 11.3 Å². The van der Waals surface area contributed by atoms with Crippen LogP contribution in [0.15, 0.2) is 70.6 Å². The van der Waals surface area contributed by atoms with Crippen molar-refractivity contribution in [3.05, 3.63) is 99.2 Å². The highest BCUT2D eigenvalue weighted by molar-refractivity contribution is 8.17. The number of nitrogens with one attached hydrogen (secondary N) is 1. The van der Waals surface area contributed by atoms with Gasteiger partial charge >= 0.3 is 0 Å². The van der Waals surface area contributed by atoms with Gasteiger partial charge in [0.1, 0.15) is 5.84 Å². The lowest BCUT2D eigenvalue weighted by molar-refractivity contribution is -0.114. The highest BCUT2D eigenvalue weighted by atomic mass is 32.2. The van der Waals surface area contributed by atoms with Crippen molar-refractivity contribution in [3.8, 4) is 5.69 Å². The number of fused-ring (bicyclic) bond motifs is 1. The zero-order chi connectivity index (χ0) is 23.3. The summed E-state index contributed by atoms with van der Waals surface area (Å²) in [6.07, 6.45) is 1.80. The van der Waals surface area contributed by atoms with Crippen LogP contribution in [0.1, 0.15) is 33.6 Å². The molecule has 6 heteroatoms. The molecule has 0 radical (unpaired) electrons. The molecule has 1 amide bonds. The molecule has 5 rings (SSSR count). The quantitative estimate of drug-likeness (QED) is 0.495. The molecule has 0 spiro atoms. The van der Waals surface area contributed by atoms with Crippen molar-refractivity contribution >= 4 is 40.4 Å². The topological polar surface area (TPSA) is 61.5 Å². The van der Waals surface area contributed by atoms with Gasteiger partial charge in [0.15, 0.2) is 5.17 Å². The van der Waals surface area contributed by atoms with Crippen LogP contribution < -0.4 is 0 Å². The number of benzene rings is 2. The number of thioether (sulfide) groups is 1. The Hall–Kier alpha value is -3.64. The van der Waals surface area contributed by atoms with Gasteiger partial charge in [0, 0.05) is 22.5 Å². The molecule has 164 valence electrons. The van der Waals surface area contributed by atoms with Crippen LogP contribution in [-0.4, -0.2) is 26.4 Å². The molecule has 0 aliphatic carbocycles. The molecule has 3 aromatic rings. The molecule has 5 nitrogen and oxygen atoms in total.